The van der Waals surface area contributed by atoms with Gasteiger partial charge in [0.05, 0.1) is 19.1 Å². The predicted molar refractivity (Wildman–Crippen MR) is 62.4 cm³/mol. The van der Waals surface area contributed by atoms with Crippen molar-refractivity contribution in [2.45, 2.75) is 25.3 Å². The van der Waals surface area contributed by atoms with E-state index in [1.807, 2.05) is 24.3 Å². The van der Waals surface area contributed by atoms with Crippen LogP contribution in [0.2, 0.25) is 0 Å². The Hall–Kier alpha value is -1.84. The highest BCUT2D eigenvalue weighted by molar-refractivity contribution is 5.81. The van der Waals surface area contributed by atoms with Crippen molar-refractivity contribution in [2.24, 2.45) is 0 Å². The molecule has 1 aromatic carbocycles. The third-order valence-electron chi connectivity index (χ3n) is 3.08. The van der Waals surface area contributed by atoms with Gasteiger partial charge in [0.15, 0.2) is 0 Å². The predicted octanol–water partition coefficient (Wildman–Crippen LogP) is 1.52. The standard InChI is InChI=1S/C13H15NO3/c1-8(15)14-12-7-11(13(16)17-2)9-5-3-4-6-10(9)12/h3-6,11-12H,7H2,1-2H3,(H,14,15)/t11-,12+/m0/s1. The Labute approximate surface area is 100.0 Å². The van der Waals surface area contributed by atoms with Crippen LogP contribution in [0.3, 0.4) is 0 Å². The molecule has 1 aromatic rings. The molecule has 0 saturated heterocycles. The average molecular weight is 233 g/mol. The van der Waals surface area contributed by atoms with E-state index in [1.54, 1.807) is 0 Å². The van der Waals surface area contributed by atoms with Crippen molar-refractivity contribution in [1.82, 2.24) is 5.32 Å². The molecule has 0 heterocycles. The summed E-state index contributed by atoms with van der Waals surface area (Å²) in [6.07, 6.45) is 0.575. The van der Waals surface area contributed by atoms with E-state index in [0.29, 0.717) is 6.42 Å². The molecule has 1 amide bonds. The minimum absolute atomic E-state index is 0.0877. The van der Waals surface area contributed by atoms with E-state index in [-0.39, 0.29) is 23.8 Å². The minimum Gasteiger partial charge on any atom is -0.469 e. The zero-order valence-corrected chi connectivity index (χ0v) is 9.90. The summed E-state index contributed by atoms with van der Waals surface area (Å²) in [4.78, 5) is 22.8. The topological polar surface area (TPSA) is 55.4 Å². The van der Waals surface area contributed by atoms with E-state index >= 15 is 0 Å². The zero-order valence-electron chi connectivity index (χ0n) is 9.90. The smallest absolute Gasteiger partial charge is 0.313 e. The van der Waals surface area contributed by atoms with Gasteiger partial charge in [-0.15, -0.1) is 0 Å². The van der Waals surface area contributed by atoms with Crippen LogP contribution in [0.15, 0.2) is 24.3 Å². The molecule has 4 nitrogen and oxygen atoms in total. The van der Waals surface area contributed by atoms with E-state index in [4.69, 9.17) is 4.74 Å². The number of esters is 1. The summed E-state index contributed by atoms with van der Waals surface area (Å²) >= 11 is 0. The molecule has 0 fully saturated rings. The lowest BCUT2D eigenvalue weighted by Crippen LogP contribution is -2.24. The Bertz CT molecular complexity index is 456. The lowest BCUT2D eigenvalue weighted by atomic mass is 10.0. The second kappa shape index (κ2) is 4.57. The van der Waals surface area contributed by atoms with Crippen LogP contribution in [0.5, 0.6) is 0 Å². The molecule has 0 radical (unpaired) electrons. The number of methoxy groups -OCH3 is 1. The number of rotatable bonds is 2. The van der Waals surface area contributed by atoms with Crippen LogP contribution in [0.1, 0.15) is 36.4 Å². The molecule has 0 bridgehead atoms. The molecule has 90 valence electrons. The summed E-state index contributed by atoms with van der Waals surface area (Å²) in [5, 5.41) is 2.86. The molecule has 0 unspecified atom stereocenters. The quantitative estimate of drug-likeness (QED) is 0.788. The molecular formula is C13H15NO3. The molecular weight excluding hydrogens is 218 g/mol. The van der Waals surface area contributed by atoms with E-state index in [0.717, 1.165) is 11.1 Å². The first-order chi connectivity index (χ1) is 8.13. The zero-order chi connectivity index (χ0) is 12.4. The van der Waals surface area contributed by atoms with Crippen LogP contribution in [0, 0.1) is 0 Å². The van der Waals surface area contributed by atoms with Gasteiger partial charge in [0, 0.05) is 6.92 Å². The van der Waals surface area contributed by atoms with Crippen molar-refractivity contribution < 1.29 is 14.3 Å². The first-order valence-electron chi connectivity index (χ1n) is 5.57. The van der Waals surface area contributed by atoms with E-state index in [2.05, 4.69) is 5.32 Å². The molecule has 0 saturated carbocycles. The SMILES string of the molecule is COC(=O)[C@H]1C[C@@H](NC(C)=O)c2ccccc21. The first-order valence-corrected chi connectivity index (χ1v) is 5.57. The molecule has 0 spiro atoms. The van der Waals surface area contributed by atoms with Crippen LogP contribution >= 0.6 is 0 Å². The molecule has 2 rings (SSSR count). The highest BCUT2D eigenvalue weighted by Gasteiger charge is 2.35. The lowest BCUT2D eigenvalue weighted by molar-refractivity contribution is -0.142. The molecule has 1 N–H and O–H groups in total. The first kappa shape index (κ1) is 11.6. The number of carbonyl (C=O) groups excluding carboxylic acids is 2. The van der Waals surface area contributed by atoms with Crippen LogP contribution in [0.25, 0.3) is 0 Å². The highest BCUT2D eigenvalue weighted by atomic mass is 16.5. The van der Waals surface area contributed by atoms with Gasteiger partial charge in [-0.2, -0.15) is 0 Å². The second-order valence-corrected chi connectivity index (χ2v) is 4.19. The summed E-state index contributed by atoms with van der Waals surface area (Å²) in [6.45, 7) is 1.48. The number of hydrogen-bond donors (Lipinski definition) is 1. The maximum absolute atomic E-state index is 11.7. The summed E-state index contributed by atoms with van der Waals surface area (Å²) < 4.78 is 4.79. The summed E-state index contributed by atoms with van der Waals surface area (Å²) in [7, 11) is 1.39. The Balaban J connectivity index is 2.32. The van der Waals surface area contributed by atoms with Crippen LogP contribution in [-0.4, -0.2) is 19.0 Å². The molecule has 0 aromatic heterocycles. The molecule has 2 atom stereocenters. The van der Waals surface area contributed by atoms with Crippen LogP contribution in [0.4, 0.5) is 0 Å². The van der Waals surface area contributed by atoms with Gasteiger partial charge in [0.25, 0.3) is 0 Å². The summed E-state index contributed by atoms with van der Waals surface area (Å²) in [6, 6.07) is 7.57. The van der Waals surface area contributed by atoms with Crippen LogP contribution < -0.4 is 5.32 Å². The van der Waals surface area contributed by atoms with Gasteiger partial charge in [-0.05, 0) is 17.5 Å². The van der Waals surface area contributed by atoms with E-state index in [9.17, 15) is 9.59 Å². The third-order valence-corrected chi connectivity index (χ3v) is 3.08. The van der Waals surface area contributed by atoms with Gasteiger partial charge >= 0.3 is 5.97 Å². The van der Waals surface area contributed by atoms with Crippen molar-refractivity contribution in [2.75, 3.05) is 7.11 Å². The summed E-state index contributed by atoms with van der Waals surface area (Å²) in [5.41, 5.74) is 1.97. The van der Waals surface area contributed by atoms with Crippen molar-refractivity contribution in [3.8, 4) is 0 Å². The normalized spacial score (nSPS) is 21.8. The maximum atomic E-state index is 11.7. The van der Waals surface area contributed by atoms with Gasteiger partial charge < -0.3 is 10.1 Å². The van der Waals surface area contributed by atoms with Crippen molar-refractivity contribution >= 4 is 11.9 Å². The van der Waals surface area contributed by atoms with E-state index in [1.165, 1.54) is 14.0 Å². The number of hydrogen-bond acceptors (Lipinski definition) is 3. The highest BCUT2D eigenvalue weighted by Crippen LogP contribution is 2.40. The lowest BCUT2D eigenvalue weighted by Gasteiger charge is -2.12. The largest absolute Gasteiger partial charge is 0.469 e. The third kappa shape index (κ3) is 2.16. The number of carbonyl (C=O) groups is 2. The molecule has 1 aliphatic rings. The number of fused-ring (bicyclic) bond motifs is 1. The van der Waals surface area contributed by atoms with E-state index < -0.39 is 0 Å². The Morgan fingerprint density at radius 2 is 1.94 bits per heavy atom. The molecule has 17 heavy (non-hydrogen) atoms. The Morgan fingerprint density at radius 3 is 2.53 bits per heavy atom. The summed E-state index contributed by atoms with van der Waals surface area (Å²) in [5.74, 6) is -0.603. The molecule has 1 aliphatic carbocycles. The fourth-order valence-corrected chi connectivity index (χ4v) is 2.38. The fraction of sp³-hybridized carbons (Fsp3) is 0.385. The van der Waals surface area contributed by atoms with Gasteiger partial charge in [-0.3, -0.25) is 9.59 Å². The van der Waals surface area contributed by atoms with Crippen LogP contribution in [-0.2, 0) is 14.3 Å². The van der Waals surface area contributed by atoms with Gasteiger partial charge in [-0.25, -0.2) is 0 Å². The molecule has 0 aliphatic heterocycles. The number of benzene rings is 1. The molecule has 4 heteroatoms. The Morgan fingerprint density at radius 1 is 1.29 bits per heavy atom. The number of nitrogens with one attached hydrogen (secondary N) is 1. The number of amides is 1. The van der Waals surface area contributed by atoms with Crippen molar-refractivity contribution in [3.63, 3.8) is 0 Å². The van der Waals surface area contributed by atoms with Gasteiger partial charge in [0.1, 0.15) is 0 Å². The number of ether oxygens (including phenoxy) is 1. The maximum Gasteiger partial charge on any atom is 0.313 e. The van der Waals surface area contributed by atoms with Crippen molar-refractivity contribution in [1.29, 1.82) is 0 Å². The van der Waals surface area contributed by atoms with Gasteiger partial charge in [0.2, 0.25) is 5.91 Å². The Kier molecular flexibility index (Phi) is 3.13. The monoisotopic (exact) mass is 233 g/mol. The average Bonchev–Trinajstić information content (AvgIpc) is 2.67. The van der Waals surface area contributed by atoms with Gasteiger partial charge in [-0.1, -0.05) is 24.3 Å². The fourth-order valence-electron chi connectivity index (χ4n) is 2.38. The van der Waals surface area contributed by atoms with Crippen molar-refractivity contribution in [3.05, 3.63) is 35.4 Å². The minimum atomic E-state index is -0.270. The second-order valence-electron chi connectivity index (χ2n) is 4.19.